The molecular weight excluding hydrogens is 428 g/mol. The van der Waals surface area contributed by atoms with Crippen molar-refractivity contribution >= 4 is 55.9 Å². The van der Waals surface area contributed by atoms with Gasteiger partial charge in [-0.1, -0.05) is 27.5 Å². The molecule has 0 saturated heterocycles. The second-order valence-corrected chi connectivity index (χ2v) is 6.20. The third kappa shape index (κ3) is 3.30. The van der Waals surface area contributed by atoms with Crippen molar-refractivity contribution in [2.45, 2.75) is 6.42 Å². The highest BCUT2D eigenvalue weighted by Gasteiger charge is 2.13. The highest BCUT2D eigenvalue weighted by Crippen LogP contribution is 2.23. The van der Waals surface area contributed by atoms with Crippen LogP contribution in [0.5, 0.6) is 0 Å². The highest BCUT2D eigenvalue weighted by atomic mass is 127. The van der Waals surface area contributed by atoms with Crippen LogP contribution in [0.15, 0.2) is 41.1 Å². The molecule has 1 heterocycles. The van der Waals surface area contributed by atoms with Crippen molar-refractivity contribution in [1.29, 1.82) is 0 Å². The largest absolute Gasteiger partial charge is 0.294 e. The summed E-state index contributed by atoms with van der Waals surface area (Å²) in [5.74, 6) is 0.0356. The molecule has 0 aliphatic carbocycles. The summed E-state index contributed by atoms with van der Waals surface area (Å²) in [7, 11) is 0. The van der Waals surface area contributed by atoms with Crippen LogP contribution in [-0.2, 0) is 6.42 Å². The standard InChI is InChI=1S/C13H8BrClINO/c14-11-2-1-9(16)6-10(11)13(18)5-8-3-4-17-7-12(8)15/h1-4,6-7H,5H2. The van der Waals surface area contributed by atoms with Crippen molar-refractivity contribution in [3.8, 4) is 0 Å². The zero-order chi connectivity index (χ0) is 13.1. The molecule has 0 spiro atoms. The Kier molecular flexibility index (Phi) is 4.75. The normalized spacial score (nSPS) is 10.4. The molecule has 0 unspecified atom stereocenters. The van der Waals surface area contributed by atoms with Gasteiger partial charge in [-0.3, -0.25) is 9.78 Å². The Morgan fingerprint density at radius 2 is 2.17 bits per heavy atom. The van der Waals surface area contributed by atoms with Crippen LogP contribution in [0.3, 0.4) is 0 Å². The van der Waals surface area contributed by atoms with Crippen molar-refractivity contribution in [2.75, 3.05) is 0 Å². The first kappa shape index (κ1) is 14.0. The molecule has 0 radical (unpaired) electrons. The molecule has 0 amide bonds. The molecule has 1 aromatic heterocycles. The van der Waals surface area contributed by atoms with Crippen LogP contribution >= 0.6 is 50.1 Å². The summed E-state index contributed by atoms with van der Waals surface area (Å²) in [5.41, 5.74) is 1.47. The molecule has 5 heteroatoms. The molecule has 92 valence electrons. The summed E-state index contributed by atoms with van der Waals surface area (Å²) >= 11 is 11.6. The monoisotopic (exact) mass is 435 g/mol. The number of hydrogen-bond acceptors (Lipinski definition) is 2. The molecule has 0 fully saturated rings. The topological polar surface area (TPSA) is 30.0 Å². The number of aromatic nitrogens is 1. The molecule has 0 saturated carbocycles. The summed E-state index contributed by atoms with van der Waals surface area (Å²) in [6.07, 6.45) is 3.46. The van der Waals surface area contributed by atoms with Crippen LogP contribution in [0, 0.1) is 3.57 Å². The molecule has 0 N–H and O–H groups in total. The fourth-order valence-electron chi connectivity index (χ4n) is 1.53. The van der Waals surface area contributed by atoms with Crippen LogP contribution in [0.2, 0.25) is 5.02 Å². The van der Waals surface area contributed by atoms with Crippen LogP contribution < -0.4 is 0 Å². The van der Waals surface area contributed by atoms with Crippen LogP contribution in [0.4, 0.5) is 0 Å². The van der Waals surface area contributed by atoms with E-state index in [0.717, 1.165) is 13.6 Å². The van der Waals surface area contributed by atoms with E-state index in [1.165, 1.54) is 0 Å². The van der Waals surface area contributed by atoms with Crippen molar-refractivity contribution in [1.82, 2.24) is 4.98 Å². The predicted molar refractivity (Wildman–Crippen MR) is 84.1 cm³/mol. The molecule has 0 aliphatic heterocycles. The van der Waals surface area contributed by atoms with E-state index in [9.17, 15) is 4.79 Å². The van der Waals surface area contributed by atoms with Crippen LogP contribution in [0.25, 0.3) is 0 Å². The molecule has 0 aliphatic rings. The fraction of sp³-hybridized carbons (Fsp3) is 0.0769. The average molecular weight is 436 g/mol. The first-order chi connectivity index (χ1) is 8.58. The van der Waals surface area contributed by atoms with Gasteiger partial charge in [0.25, 0.3) is 0 Å². The number of carbonyl (C=O) groups excluding carboxylic acids is 1. The molecule has 0 bridgehead atoms. The lowest BCUT2D eigenvalue weighted by atomic mass is 10.0. The number of hydrogen-bond donors (Lipinski definition) is 0. The quantitative estimate of drug-likeness (QED) is 0.523. The number of carbonyl (C=O) groups is 1. The summed E-state index contributed by atoms with van der Waals surface area (Å²) in [4.78, 5) is 16.1. The first-order valence-corrected chi connectivity index (χ1v) is 7.39. The SMILES string of the molecule is O=C(Cc1ccncc1Cl)c1cc(I)ccc1Br. The van der Waals surface area contributed by atoms with Gasteiger partial charge in [-0.25, -0.2) is 0 Å². The van der Waals surface area contributed by atoms with Crippen molar-refractivity contribution in [2.24, 2.45) is 0 Å². The molecular formula is C13H8BrClINO. The Labute approximate surface area is 132 Å². The minimum absolute atomic E-state index is 0.0356. The zero-order valence-corrected chi connectivity index (χ0v) is 13.7. The third-order valence-corrected chi connectivity index (χ3v) is 4.14. The Balaban J connectivity index is 2.28. The average Bonchev–Trinajstić information content (AvgIpc) is 2.35. The van der Waals surface area contributed by atoms with Gasteiger partial charge in [0.05, 0.1) is 5.02 Å². The van der Waals surface area contributed by atoms with Gasteiger partial charge in [0.2, 0.25) is 0 Å². The van der Waals surface area contributed by atoms with Crippen molar-refractivity contribution in [3.63, 3.8) is 0 Å². The Morgan fingerprint density at radius 3 is 2.89 bits per heavy atom. The Morgan fingerprint density at radius 1 is 1.39 bits per heavy atom. The number of pyridine rings is 1. The number of halogens is 3. The van der Waals surface area contributed by atoms with E-state index < -0.39 is 0 Å². The summed E-state index contributed by atoms with van der Waals surface area (Å²) in [6, 6.07) is 7.45. The van der Waals surface area contributed by atoms with Crippen molar-refractivity contribution in [3.05, 3.63) is 60.9 Å². The van der Waals surface area contributed by atoms with E-state index in [0.29, 0.717) is 10.6 Å². The summed E-state index contributed by atoms with van der Waals surface area (Å²) in [5, 5.41) is 0.521. The van der Waals surface area contributed by atoms with E-state index in [-0.39, 0.29) is 12.2 Å². The van der Waals surface area contributed by atoms with E-state index in [2.05, 4.69) is 43.5 Å². The van der Waals surface area contributed by atoms with Gasteiger partial charge in [0, 0.05) is 32.4 Å². The maximum absolute atomic E-state index is 12.2. The van der Waals surface area contributed by atoms with Gasteiger partial charge in [0.15, 0.2) is 5.78 Å². The second-order valence-electron chi connectivity index (χ2n) is 3.69. The number of rotatable bonds is 3. The smallest absolute Gasteiger partial charge is 0.168 e. The molecule has 0 atom stereocenters. The van der Waals surface area contributed by atoms with Gasteiger partial charge in [-0.05, 0) is 52.4 Å². The molecule has 18 heavy (non-hydrogen) atoms. The number of Topliss-reactive ketones (excluding diaryl/α,β-unsaturated/α-hetero) is 1. The van der Waals surface area contributed by atoms with Gasteiger partial charge < -0.3 is 0 Å². The minimum atomic E-state index is 0.0356. The first-order valence-electron chi connectivity index (χ1n) is 5.14. The van der Waals surface area contributed by atoms with Gasteiger partial charge >= 0.3 is 0 Å². The lowest BCUT2D eigenvalue weighted by Gasteiger charge is -2.06. The maximum atomic E-state index is 12.2. The molecule has 2 rings (SSSR count). The molecule has 2 aromatic rings. The van der Waals surface area contributed by atoms with Crippen LogP contribution in [0.1, 0.15) is 15.9 Å². The predicted octanol–water partition coefficient (Wildman–Crippen LogP) is 4.53. The minimum Gasteiger partial charge on any atom is -0.294 e. The summed E-state index contributed by atoms with van der Waals surface area (Å²) in [6.45, 7) is 0. The third-order valence-electron chi connectivity index (χ3n) is 2.44. The van der Waals surface area contributed by atoms with Crippen LogP contribution in [-0.4, -0.2) is 10.8 Å². The number of nitrogens with zero attached hydrogens (tertiary/aromatic N) is 1. The lowest BCUT2D eigenvalue weighted by Crippen LogP contribution is -2.05. The Hall–Kier alpha value is -0.460. The summed E-state index contributed by atoms with van der Waals surface area (Å²) < 4.78 is 1.83. The molecule has 2 nitrogen and oxygen atoms in total. The number of ketones is 1. The van der Waals surface area contributed by atoms with E-state index in [1.807, 2.05) is 18.2 Å². The maximum Gasteiger partial charge on any atom is 0.168 e. The lowest BCUT2D eigenvalue weighted by molar-refractivity contribution is 0.0992. The van der Waals surface area contributed by atoms with E-state index >= 15 is 0 Å². The second kappa shape index (κ2) is 6.12. The van der Waals surface area contributed by atoms with Crippen molar-refractivity contribution < 1.29 is 4.79 Å². The van der Waals surface area contributed by atoms with Gasteiger partial charge in [-0.2, -0.15) is 0 Å². The molecule has 1 aromatic carbocycles. The van der Waals surface area contributed by atoms with Gasteiger partial charge in [0.1, 0.15) is 0 Å². The van der Waals surface area contributed by atoms with Gasteiger partial charge in [-0.15, -0.1) is 0 Å². The zero-order valence-electron chi connectivity index (χ0n) is 9.16. The number of benzene rings is 1. The van der Waals surface area contributed by atoms with E-state index in [1.54, 1.807) is 18.5 Å². The Bertz CT molecular complexity index is 603. The van der Waals surface area contributed by atoms with E-state index in [4.69, 9.17) is 11.6 Å². The fourth-order valence-corrected chi connectivity index (χ4v) is 2.67. The highest BCUT2D eigenvalue weighted by molar-refractivity contribution is 14.1.